The van der Waals surface area contributed by atoms with E-state index in [0.717, 1.165) is 44.9 Å². The molecule has 0 aliphatic heterocycles. The van der Waals surface area contributed by atoms with E-state index in [1.54, 1.807) is 0 Å². The summed E-state index contributed by atoms with van der Waals surface area (Å²) in [5.41, 5.74) is 12.4. The molecule has 1 aromatic heterocycles. The van der Waals surface area contributed by atoms with Crippen molar-refractivity contribution in [1.29, 1.82) is 0 Å². The van der Waals surface area contributed by atoms with Crippen LogP contribution in [0.15, 0.2) is 229 Å². The highest BCUT2D eigenvalue weighted by Crippen LogP contribution is 2.41. The normalized spacial score (nSPS) is 11.4. The molecule has 0 fully saturated rings. The Morgan fingerprint density at radius 1 is 0.276 bits per heavy atom. The summed E-state index contributed by atoms with van der Waals surface area (Å²) >= 11 is 0. The van der Waals surface area contributed by atoms with Gasteiger partial charge in [-0.2, -0.15) is 0 Å². The smallest absolute Gasteiger partial charge is 0.135 e. The molecule has 0 saturated carbocycles. The second-order valence-electron chi connectivity index (χ2n) is 15.0. The van der Waals surface area contributed by atoms with Gasteiger partial charge >= 0.3 is 0 Å². The number of rotatable bonds is 7. The summed E-state index contributed by atoms with van der Waals surface area (Å²) in [4.78, 5) is 2.37. The fourth-order valence-electron chi connectivity index (χ4n) is 8.51. The fourth-order valence-corrected chi connectivity index (χ4v) is 8.51. The fraction of sp³-hybridized carbons (Fsp3) is 0. The standard InChI is InChI=1S/C56H37NO/c1-2-12-38(13-3-1)41-17-11-19-49(34-41)57(48-29-26-39(27-30-48)54-36-45-14-4-6-20-51(45)52-21-7-8-22-53(52)54)50-31-28-43-32-42(24-25-44(43)35-50)40-16-10-18-46(33-40)56-37-47-15-5-9-23-55(47)58-56/h1-37H. The van der Waals surface area contributed by atoms with E-state index in [4.69, 9.17) is 4.42 Å². The van der Waals surface area contributed by atoms with Crippen LogP contribution < -0.4 is 4.90 Å². The molecule has 11 aromatic rings. The topological polar surface area (TPSA) is 16.4 Å². The van der Waals surface area contributed by atoms with E-state index in [-0.39, 0.29) is 0 Å². The van der Waals surface area contributed by atoms with Crippen molar-refractivity contribution in [3.8, 4) is 44.7 Å². The molecule has 0 aliphatic rings. The van der Waals surface area contributed by atoms with Crippen molar-refractivity contribution in [1.82, 2.24) is 0 Å². The Bertz CT molecular complexity index is 3250. The molecular weight excluding hydrogens is 703 g/mol. The Hall–Kier alpha value is -7.68. The van der Waals surface area contributed by atoms with Crippen molar-refractivity contribution in [3.63, 3.8) is 0 Å². The molecule has 0 amide bonds. The van der Waals surface area contributed by atoms with Gasteiger partial charge in [-0.15, -0.1) is 0 Å². The second-order valence-corrected chi connectivity index (χ2v) is 15.0. The molecule has 2 heteroatoms. The van der Waals surface area contributed by atoms with Gasteiger partial charge in [0.15, 0.2) is 0 Å². The third-order valence-corrected chi connectivity index (χ3v) is 11.4. The minimum absolute atomic E-state index is 0.878. The number of hydrogen-bond donors (Lipinski definition) is 0. The summed E-state index contributed by atoms with van der Waals surface area (Å²) in [5, 5.41) is 8.54. The minimum Gasteiger partial charge on any atom is -0.456 e. The average molecular weight is 740 g/mol. The van der Waals surface area contributed by atoms with Gasteiger partial charge in [-0.1, -0.05) is 158 Å². The molecule has 10 aromatic carbocycles. The first-order chi connectivity index (χ1) is 28.7. The van der Waals surface area contributed by atoms with E-state index in [2.05, 4.69) is 211 Å². The molecular formula is C56H37NO. The van der Waals surface area contributed by atoms with Crippen LogP contribution in [0.25, 0.3) is 88.0 Å². The number of fused-ring (bicyclic) bond motifs is 5. The monoisotopic (exact) mass is 739 g/mol. The Kier molecular flexibility index (Phi) is 8.19. The zero-order valence-electron chi connectivity index (χ0n) is 31.7. The van der Waals surface area contributed by atoms with Crippen LogP contribution in [-0.4, -0.2) is 0 Å². The lowest BCUT2D eigenvalue weighted by atomic mass is 9.93. The van der Waals surface area contributed by atoms with Crippen LogP contribution in [0.4, 0.5) is 17.1 Å². The van der Waals surface area contributed by atoms with Gasteiger partial charge in [0, 0.05) is 28.0 Å². The highest BCUT2D eigenvalue weighted by atomic mass is 16.3. The van der Waals surface area contributed by atoms with Crippen molar-refractivity contribution in [2.75, 3.05) is 4.90 Å². The van der Waals surface area contributed by atoms with Crippen LogP contribution in [0.1, 0.15) is 0 Å². The lowest BCUT2D eigenvalue weighted by Crippen LogP contribution is -2.10. The quantitative estimate of drug-likeness (QED) is 0.151. The maximum Gasteiger partial charge on any atom is 0.135 e. The molecule has 0 unspecified atom stereocenters. The van der Waals surface area contributed by atoms with Gasteiger partial charge in [-0.05, 0) is 132 Å². The molecule has 11 rings (SSSR count). The van der Waals surface area contributed by atoms with E-state index in [9.17, 15) is 0 Å². The largest absolute Gasteiger partial charge is 0.456 e. The van der Waals surface area contributed by atoms with E-state index in [0.29, 0.717) is 0 Å². The van der Waals surface area contributed by atoms with E-state index in [1.807, 2.05) is 18.2 Å². The zero-order chi connectivity index (χ0) is 38.4. The lowest BCUT2D eigenvalue weighted by Gasteiger charge is -2.27. The van der Waals surface area contributed by atoms with Crippen molar-refractivity contribution in [2.45, 2.75) is 0 Å². The van der Waals surface area contributed by atoms with Crippen LogP contribution in [-0.2, 0) is 0 Å². The zero-order valence-corrected chi connectivity index (χ0v) is 31.7. The number of para-hydroxylation sites is 1. The Morgan fingerprint density at radius 2 is 0.862 bits per heavy atom. The second kappa shape index (κ2) is 14.1. The number of nitrogens with zero attached hydrogens (tertiary/aromatic N) is 1. The van der Waals surface area contributed by atoms with Gasteiger partial charge in [-0.25, -0.2) is 0 Å². The molecule has 1 heterocycles. The predicted octanol–water partition coefficient (Wildman–Crippen LogP) is 16.0. The third kappa shape index (κ3) is 6.09. The highest BCUT2D eigenvalue weighted by Gasteiger charge is 2.16. The van der Waals surface area contributed by atoms with E-state index >= 15 is 0 Å². The Morgan fingerprint density at radius 3 is 1.71 bits per heavy atom. The van der Waals surface area contributed by atoms with Crippen molar-refractivity contribution in [2.24, 2.45) is 0 Å². The van der Waals surface area contributed by atoms with Crippen LogP contribution in [0.5, 0.6) is 0 Å². The van der Waals surface area contributed by atoms with Crippen molar-refractivity contribution < 1.29 is 4.42 Å². The van der Waals surface area contributed by atoms with Gasteiger partial charge in [0.1, 0.15) is 11.3 Å². The van der Waals surface area contributed by atoms with Crippen molar-refractivity contribution >= 4 is 60.3 Å². The third-order valence-electron chi connectivity index (χ3n) is 11.4. The van der Waals surface area contributed by atoms with E-state index in [1.165, 1.54) is 60.1 Å². The molecule has 0 bridgehead atoms. The molecule has 0 saturated heterocycles. The van der Waals surface area contributed by atoms with Gasteiger partial charge in [-0.3, -0.25) is 0 Å². The van der Waals surface area contributed by atoms with Crippen LogP contribution in [0.3, 0.4) is 0 Å². The van der Waals surface area contributed by atoms with E-state index < -0.39 is 0 Å². The van der Waals surface area contributed by atoms with Gasteiger partial charge in [0.05, 0.1) is 0 Å². The predicted molar refractivity (Wildman–Crippen MR) is 245 cm³/mol. The number of benzene rings is 10. The number of furan rings is 1. The lowest BCUT2D eigenvalue weighted by molar-refractivity contribution is 0.631. The summed E-state index contributed by atoms with van der Waals surface area (Å²) < 4.78 is 6.21. The molecule has 0 aliphatic carbocycles. The Balaban J connectivity index is 0.988. The highest BCUT2D eigenvalue weighted by molar-refractivity contribution is 6.13. The van der Waals surface area contributed by atoms with Crippen LogP contribution >= 0.6 is 0 Å². The number of hydrogen-bond acceptors (Lipinski definition) is 2. The SMILES string of the molecule is c1ccc(-c2cccc(N(c3ccc(-c4cc5ccccc5c5ccccc45)cc3)c3ccc4cc(-c5cccc(-c6cc7ccccc7o6)c5)ccc4c3)c2)cc1. The first-order valence-electron chi connectivity index (χ1n) is 19.8. The molecule has 0 N–H and O–H groups in total. The summed E-state index contributed by atoms with van der Waals surface area (Å²) in [7, 11) is 0. The summed E-state index contributed by atoms with van der Waals surface area (Å²) in [6, 6.07) is 80.8. The van der Waals surface area contributed by atoms with Crippen LogP contribution in [0.2, 0.25) is 0 Å². The van der Waals surface area contributed by atoms with Gasteiger partial charge in [0.25, 0.3) is 0 Å². The molecule has 272 valence electrons. The Labute approximate surface area is 337 Å². The summed E-state index contributed by atoms with van der Waals surface area (Å²) in [6.45, 7) is 0. The summed E-state index contributed by atoms with van der Waals surface area (Å²) in [5.74, 6) is 0.878. The summed E-state index contributed by atoms with van der Waals surface area (Å²) in [6.07, 6.45) is 0. The van der Waals surface area contributed by atoms with Gasteiger partial charge < -0.3 is 9.32 Å². The van der Waals surface area contributed by atoms with Gasteiger partial charge in [0.2, 0.25) is 0 Å². The molecule has 0 radical (unpaired) electrons. The van der Waals surface area contributed by atoms with Crippen molar-refractivity contribution in [3.05, 3.63) is 224 Å². The first kappa shape index (κ1) is 33.6. The molecule has 2 nitrogen and oxygen atoms in total. The maximum atomic E-state index is 6.21. The minimum atomic E-state index is 0.878. The molecule has 0 atom stereocenters. The number of anilines is 3. The average Bonchev–Trinajstić information content (AvgIpc) is 3.74. The first-order valence-corrected chi connectivity index (χ1v) is 19.8. The maximum absolute atomic E-state index is 6.21. The molecule has 0 spiro atoms. The van der Waals surface area contributed by atoms with Crippen LogP contribution in [0, 0.1) is 0 Å². The molecule has 58 heavy (non-hydrogen) atoms.